The zero-order valence-corrected chi connectivity index (χ0v) is 19.8. The van der Waals surface area contributed by atoms with Crippen LogP contribution in [0.5, 0.6) is 0 Å². The number of alkyl halides is 3. The summed E-state index contributed by atoms with van der Waals surface area (Å²) in [5.41, 5.74) is 1.27. The molecule has 2 N–H and O–H groups in total. The summed E-state index contributed by atoms with van der Waals surface area (Å²) in [6.07, 6.45) is 3.42. The van der Waals surface area contributed by atoms with Crippen LogP contribution in [0.1, 0.15) is 29.7 Å². The van der Waals surface area contributed by atoms with E-state index in [9.17, 15) is 13.6 Å². The molecule has 1 aliphatic heterocycles. The van der Waals surface area contributed by atoms with Gasteiger partial charge in [0.25, 0.3) is 11.5 Å². The maximum atomic E-state index is 15.1. The van der Waals surface area contributed by atoms with Gasteiger partial charge in [-0.2, -0.15) is 4.98 Å². The summed E-state index contributed by atoms with van der Waals surface area (Å²) in [6.45, 7) is 5.61. The van der Waals surface area contributed by atoms with Crippen molar-refractivity contribution in [2.45, 2.75) is 43.9 Å². The van der Waals surface area contributed by atoms with Gasteiger partial charge in [-0.25, -0.2) is 27.5 Å². The average molecular weight is 508 g/mol. The molecular weight excluding hydrogens is 483 g/mol. The number of fused-ring (bicyclic) bond motifs is 2. The Hall–Kier alpha value is -3.99. The van der Waals surface area contributed by atoms with Gasteiger partial charge in [0, 0.05) is 24.6 Å². The van der Waals surface area contributed by atoms with Crippen molar-refractivity contribution in [1.29, 1.82) is 0 Å². The van der Waals surface area contributed by atoms with E-state index >= 15 is 4.39 Å². The van der Waals surface area contributed by atoms with Crippen molar-refractivity contribution >= 4 is 22.7 Å². The monoisotopic (exact) mass is 507 g/mol. The Balaban J connectivity index is 1.43. The third-order valence-corrected chi connectivity index (χ3v) is 6.85. The van der Waals surface area contributed by atoms with E-state index in [4.69, 9.17) is 0 Å². The molecule has 0 unspecified atom stereocenters. The Morgan fingerprint density at radius 1 is 1.14 bits per heavy atom. The van der Waals surface area contributed by atoms with Crippen molar-refractivity contribution < 1.29 is 13.2 Å². The van der Waals surface area contributed by atoms with Crippen LogP contribution in [0.4, 0.5) is 24.8 Å². The second kappa shape index (κ2) is 8.55. The van der Waals surface area contributed by atoms with E-state index < -0.39 is 24.4 Å². The number of halogens is 3. The first-order chi connectivity index (χ1) is 17.8. The van der Waals surface area contributed by atoms with Crippen molar-refractivity contribution in [2.24, 2.45) is 0 Å². The van der Waals surface area contributed by atoms with Gasteiger partial charge >= 0.3 is 0 Å². The first-order valence-corrected chi connectivity index (χ1v) is 12.0. The normalized spacial score (nSPS) is 17.7. The molecule has 3 aromatic heterocycles. The quantitative estimate of drug-likeness (QED) is 0.381. The lowest BCUT2D eigenvalue weighted by Gasteiger charge is -2.40. The molecule has 11 heteroatoms. The molecule has 37 heavy (non-hydrogen) atoms. The van der Waals surface area contributed by atoms with Crippen LogP contribution in [0.2, 0.25) is 0 Å². The van der Waals surface area contributed by atoms with Gasteiger partial charge in [0.05, 0.1) is 30.8 Å². The molecule has 0 saturated heterocycles. The van der Waals surface area contributed by atoms with E-state index in [0.717, 1.165) is 25.2 Å². The molecule has 6 rings (SSSR count). The van der Waals surface area contributed by atoms with Gasteiger partial charge in [-0.15, -0.1) is 6.58 Å². The highest BCUT2D eigenvalue weighted by molar-refractivity contribution is 5.77. The number of anilines is 2. The first-order valence-electron chi connectivity index (χ1n) is 12.0. The number of aromatic nitrogens is 5. The first kappa shape index (κ1) is 23.4. The van der Waals surface area contributed by atoms with Gasteiger partial charge < -0.3 is 10.6 Å². The molecule has 4 heterocycles. The Morgan fingerprint density at radius 3 is 2.76 bits per heavy atom. The van der Waals surface area contributed by atoms with Crippen molar-refractivity contribution in [1.82, 2.24) is 29.6 Å². The van der Waals surface area contributed by atoms with Gasteiger partial charge in [-0.05, 0) is 48.4 Å². The molecule has 4 aromatic rings. The Morgan fingerprint density at radius 2 is 1.97 bits per heavy atom. The summed E-state index contributed by atoms with van der Waals surface area (Å²) < 4.78 is 45.0. The lowest BCUT2D eigenvalue weighted by atomic mass is 9.76. The summed E-state index contributed by atoms with van der Waals surface area (Å²) in [4.78, 5) is 26.1. The SMILES string of the molecule is C=CCn1c(=O)c2cnc(Nc3ccc4c(c3)CCNC4)nc2n1-c1ccnc(C2(F)CC(F)(F)C2)c1. The maximum Gasteiger partial charge on any atom is 0.278 e. The van der Waals surface area contributed by atoms with Crippen LogP contribution in [0, 0.1) is 0 Å². The second-order valence-corrected chi connectivity index (χ2v) is 9.53. The molecule has 1 fully saturated rings. The highest BCUT2D eigenvalue weighted by Gasteiger charge is 2.59. The van der Waals surface area contributed by atoms with Crippen LogP contribution in [0.25, 0.3) is 16.7 Å². The number of benzene rings is 1. The van der Waals surface area contributed by atoms with Crippen LogP contribution >= 0.6 is 0 Å². The third-order valence-electron chi connectivity index (χ3n) is 6.85. The average Bonchev–Trinajstić information content (AvgIpc) is 3.14. The van der Waals surface area contributed by atoms with Crippen LogP contribution in [-0.4, -0.2) is 36.8 Å². The number of hydrogen-bond donors (Lipinski definition) is 2. The fourth-order valence-electron chi connectivity index (χ4n) is 5.07. The van der Waals surface area contributed by atoms with E-state index in [-0.39, 0.29) is 34.8 Å². The molecule has 1 saturated carbocycles. The van der Waals surface area contributed by atoms with E-state index in [0.29, 0.717) is 5.69 Å². The number of nitrogens with one attached hydrogen (secondary N) is 2. The molecule has 0 spiro atoms. The van der Waals surface area contributed by atoms with Crippen molar-refractivity contribution in [3.05, 3.63) is 82.6 Å². The molecule has 1 aromatic carbocycles. The maximum absolute atomic E-state index is 15.1. The van der Waals surface area contributed by atoms with Crippen molar-refractivity contribution in [3.63, 3.8) is 0 Å². The van der Waals surface area contributed by atoms with Crippen molar-refractivity contribution in [2.75, 3.05) is 11.9 Å². The second-order valence-electron chi connectivity index (χ2n) is 9.53. The number of hydrogen-bond acceptors (Lipinski definition) is 6. The third kappa shape index (κ3) is 4.08. The lowest BCUT2D eigenvalue weighted by molar-refractivity contribution is -0.176. The predicted octanol–water partition coefficient (Wildman–Crippen LogP) is 4.15. The summed E-state index contributed by atoms with van der Waals surface area (Å²) in [7, 11) is 0. The lowest BCUT2D eigenvalue weighted by Crippen LogP contribution is -2.46. The fraction of sp³-hybridized carbons (Fsp3) is 0.308. The fourth-order valence-corrected chi connectivity index (χ4v) is 5.07. The van der Waals surface area contributed by atoms with Crippen LogP contribution in [-0.2, 0) is 25.2 Å². The minimum atomic E-state index is -3.06. The topological polar surface area (TPSA) is 89.7 Å². The van der Waals surface area contributed by atoms with Crippen LogP contribution in [0.3, 0.4) is 0 Å². The van der Waals surface area contributed by atoms with Crippen LogP contribution < -0.4 is 16.2 Å². The summed E-state index contributed by atoms with van der Waals surface area (Å²) in [6, 6.07) is 9.02. The van der Waals surface area contributed by atoms with Gasteiger partial charge in [-0.3, -0.25) is 9.78 Å². The van der Waals surface area contributed by atoms with E-state index in [1.165, 1.54) is 39.0 Å². The number of rotatable bonds is 6. The zero-order valence-electron chi connectivity index (χ0n) is 19.8. The predicted molar refractivity (Wildman–Crippen MR) is 133 cm³/mol. The Labute approximate surface area is 209 Å². The minimum Gasteiger partial charge on any atom is -0.324 e. The molecule has 0 atom stereocenters. The summed E-state index contributed by atoms with van der Waals surface area (Å²) in [5.74, 6) is -2.78. The zero-order chi connectivity index (χ0) is 25.8. The molecule has 2 aliphatic rings. The molecule has 190 valence electrons. The van der Waals surface area contributed by atoms with Gasteiger partial charge in [0.15, 0.2) is 11.3 Å². The molecular formula is C26H24F3N7O. The van der Waals surface area contributed by atoms with Gasteiger partial charge in [0.1, 0.15) is 5.39 Å². The van der Waals surface area contributed by atoms with E-state index in [2.05, 4.69) is 38.2 Å². The molecule has 0 bridgehead atoms. The summed E-state index contributed by atoms with van der Waals surface area (Å²) >= 11 is 0. The van der Waals surface area contributed by atoms with Gasteiger partial charge in [0.2, 0.25) is 5.95 Å². The van der Waals surface area contributed by atoms with E-state index in [1.54, 1.807) is 12.1 Å². The van der Waals surface area contributed by atoms with Crippen LogP contribution in [0.15, 0.2) is 60.2 Å². The minimum absolute atomic E-state index is 0.105. The van der Waals surface area contributed by atoms with E-state index in [1.807, 2.05) is 12.1 Å². The standard InChI is InChI=1S/C26H24F3N7O/c1-2-9-35-23(37)20-13-32-24(33-18-4-3-17-12-30-7-5-16(17)10-18)34-22(20)36(35)19-6-8-31-21(11-19)25(27)14-26(28,29)15-25/h2-4,6,8,10-11,13,30H,1,5,7,9,12,14-15H2,(H,32,33,34). The summed E-state index contributed by atoms with van der Waals surface area (Å²) in [5, 5.41) is 6.80. The smallest absolute Gasteiger partial charge is 0.278 e. The Kier molecular flexibility index (Phi) is 5.41. The van der Waals surface area contributed by atoms with Crippen molar-refractivity contribution in [3.8, 4) is 5.69 Å². The molecule has 0 radical (unpaired) electrons. The molecule has 8 nitrogen and oxygen atoms in total. The molecule has 0 amide bonds. The highest BCUT2D eigenvalue weighted by atomic mass is 19.3. The van der Waals surface area contributed by atoms with Gasteiger partial charge in [-0.1, -0.05) is 12.1 Å². The molecule has 1 aliphatic carbocycles. The highest BCUT2D eigenvalue weighted by Crippen LogP contribution is 2.54. The number of nitrogens with zero attached hydrogens (tertiary/aromatic N) is 5. The largest absolute Gasteiger partial charge is 0.324 e. The number of allylic oxidation sites excluding steroid dienone is 1. The Bertz CT molecular complexity index is 1590. The number of pyridine rings is 1.